The highest BCUT2D eigenvalue weighted by Crippen LogP contribution is 2.24. The Balaban J connectivity index is 3.32. The average molecular weight is 226 g/mol. The third kappa shape index (κ3) is 3.45. The smallest absolute Gasteiger partial charge is 0.0179 e. The third-order valence-electron chi connectivity index (χ3n) is 2.94. The van der Waals surface area contributed by atoms with E-state index in [-0.39, 0.29) is 0 Å². The van der Waals surface area contributed by atoms with Crippen LogP contribution in [-0.4, -0.2) is 0 Å². The van der Waals surface area contributed by atoms with Gasteiger partial charge in [0.25, 0.3) is 0 Å². The summed E-state index contributed by atoms with van der Waals surface area (Å²) in [6.45, 7) is 14.3. The summed E-state index contributed by atoms with van der Waals surface area (Å²) in [5.74, 6) is 0.551. The summed E-state index contributed by atoms with van der Waals surface area (Å²) in [6.07, 6.45) is 6.77. The van der Waals surface area contributed by atoms with Crippen molar-refractivity contribution in [2.45, 2.75) is 33.1 Å². The van der Waals surface area contributed by atoms with Gasteiger partial charge in [0.2, 0.25) is 0 Å². The maximum absolute atomic E-state index is 3.87. The molecule has 0 heterocycles. The molecule has 0 fully saturated rings. The zero-order valence-electron chi connectivity index (χ0n) is 11.2. The van der Waals surface area contributed by atoms with Crippen LogP contribution < -0.4 is 0 Å². The van der Waals surface area contributed by atoms with Gasteiger partial charge in [-0.25, -0.2) is 0 Å². The largest absolute Gasteiger partial charge is 0.0990 e. The minimum absolute atomic E-state index is 0.551. The van der Waals surface area contributed by atoms with E-state index in [1.54, 1.807) is 0 Å². The first-order valence-corrected chi connectivity index (χ1v) is 6.21. The first-order chi connectivity index (χ1) is 8.12. The number of aryl methyl sites for hydroxylation is 1. The van der Waals surface area contributed by atoms with E-state index in [4.69, 9.17) is 0 Å². The predicted molar refractivity (Wildman–Crippen MR) is 78.3 cm³/mol. The lowest BCUT2D eigenvalue weighted by Gasteiger charge is -2.12. The molecule has 17 heavy (non-hydrogen) atoms. The zero-order valence-corrected chi connectivity index (χ0v) is 11.2. The van der Waals surface area contributed by atoms with Crippen LogP contribution in [0.4, 0.5) is 0 Å². The van der Waals surface area contributed by atoms with Crippen molar-refractivity contribution in [1.29, 1.82) is 0 Å². The van der Waals surface area contributed by atoms with Gasteiger partial charge in [0.1, 0.15) is 0 Å². The summed E-state index contributed by atoms with van der Waals surface area (Å²) < 4.78 is 0. The summed E-state index contributed by atoms with van der Waals surface area (Å²) in [5.41, 5.74) is 5.14. The second-order valence-electron chi connectivity index (χ2n) is 4.53. The van der Waals surface area contributed by atoms with Crippen LogP contribution in [0.2, 0.25) is 0 Å². The standard InChI is InChI=1S/C17H22/c1-6-9-15(8-3)17-11-14(7-2)10-16(12-17)13(4)5/h6,8-13H,1,3,7H2,2,4-5H3/b15-9+. The Morgan fingerprint density at radius 3 is 2.41 bits per heavy atom. The van der Waals surface area contributed by atoms with Gasteiger partial charge < -0.3 is 0 Å². The molecule has 0 spiro atoms. The summed E-state index contributed by atoms with van der Waals surface area (Å²) in [7, 11) is 0. The molecule has 0 aliphatic heterocycles. The first kappa shape index (κ1) is 13.5. The fraction of sp³-hybridized carbons (Fsp3) is 0.294. The minimum Gasteiger partial charge on any atom is -0.0990 e. The molecule has 0 atom stereocenters. The van der Waals surface area contributed by atoms with E-state index in [0.717, 1.165) is 12.0 Å². The number of allylic oxidation sites excluding steroid dienone is 4. The van der Waals surface area contributed by atoms with Gasteiger partial charge >= 0.3 is 0 Å². The highest BCUT2D eigenvalue weighted by Gasteiger charge is 2.05. The van der Waals surface area contributed by atoms with E-state index in [9.17, 15) is 0 Å². The molecule has 0 amide bonds. The topological polar surface area (TPSA) is 0 Å². The van der Waals surface area contributed by atoms with Gasteiger partial charge in [-0.15, -0.1) is 0 Å². The molecule has 1 aromatic carbocycles. The molecule has 0 N–H and O–H groups in total. The summed E-state index contributed by atoms with van der Waals surface area (Å²) in [6, 6.07) is 6.78. The Morgan fingerprint density at radius 2 is 1.94 bits per heavy atom. The van der Waals surface area contributed by atoms with Crippen LogP contribution >= 0.6 is 0 Å². The van der Waals surface area contributed by atoms with Crippen molar-refractivity contribution < 1.29 is 0 Å². The molecule has 0 aliphatic carbocycles. The van der Waals surface area contributed by atoms with E-state index < -0.39 is 0 Å². The van der Waals surface area contributed by atoms with E-state index in [0.29, 0.717) is 5.92 Å². The molecule has 0 saturated carbocycles. The fourth-order valence-electron chi connectivity index (χ4n) is 1.83. The highest BCUT2D eigenvalue weighted by molar-refractivity contribution is 5.75. The number of hydrogen-bond acceptors (Lipinski definition) is 0. The summed E-state index contributed by atoms with van der Waals surface area (Å²) in [5, 5.41) is 0. The maximum Gasteiger partial charge on any atom is -0.0179 e. The summed E-state index contributed by atoms with van der Waals surface area (Å²) >= 11 is 0. The van der Waals surface area contributed by atoms with Crippen LogP contribution in [0, 0.1) is 0 Å². The van der Waals surface area contributed by atoms with Gasteiger partial charge in [-0.1, -0.05) is 70.4 Å². The van der Waals surface area contributed by atoms with Crippen LogP contribution in [0.25, 0.3) is 5.57 Å². The van der Waals surface area contributed by atoms with Gasteiger partial charge in [0.15, 0.2) is 0 Å². The van der Waals surface area contributed by atoms with Crippen molar-refractivity contribution in [3.8, 4) is 0 Å². The normalized spacial score (nSPS) is 11.6. The van der Waals surface area contributed by atoms with Gasteiger partial charge in [-0.05, 0) is 34.6 Å². The third-order valence-corrected chi connectivity index (χ3v) is 2.94. The molecule has 0 unspecified atom stereocenters. The number of benzene rings is 1. The second-order valence-corrected chi connectivity index (χ2v) is 4.53. The molecule has 0 nitrogen and oxygen atoms in total. The van der Waals surface area contributed by atoms with Crippen LogP contribution in [0.1, 0.15) is 43.4 Å². The maximum atomic E-state index is 3.87. The molecule has 1 rings (SSSR count). The van der Waals surface area contributed by atoms with Crippen molar-refractivity contribution in [2.24, 2.45) is 0 Å². The molecule has 0 aliphatic rings. The quantitative estimate of drug-likeness (QED) is 0.611. The second kappa shape index (κ2) is 6.24. The molecule has 0 saturated heterocycles. The summed E-state index contributed by atoms with van der Waals surface area (Å²) in [4.78, 5) is 0. The molecule has 0 bridgehead atoms. The van der Waals surface area contributed by atoms with Crippen molar-refractivity contribution in [3.63, 3.8) is 0 Å². The van der Waals surface area contributed by atoms with E-state index >= 15 is 0 Å². The first-order valence-electron chi connectivity index (χ1n) is 6.21. The average Bonchev–Trinajstić information content (AvgIpc) is 2.35. The Hall–Kier alpha value is -1.56. The molecule has 0 heteroatoms. The van der Waals surface area contributed by atoms with Gasteiger partial charge in [0.05, 0.1) is 0 Å². The molecule has 1 aromatic rings. The fourth-order valence-corrected chi connectivity index (χ4v) is 1.83. The zero-order chi connectivity index (χ0) is 12.8. The van der Waals surface area contributed by atoms with Crippen LogP contribution in [-0.2, 0) is 6.42 Å². The van der Waals surface area contributed by atoms with Gasteiger partial charge in [-0.2, -0.15) is 0 Å². The molecule has 90 valence electrons. The van der Waals surface area contributed by atoms with E-state index in [1.165, 1.54) is 16.7 Å². The van der Waals surface area contributed by atoms with Gasteiger partial charge in [0, 0.05) is 0 Å². The van der Waals surface area contributed by atoms with Crippen molar-refractivity contribution in [2.75, 3.05) is 0 Å². The SMILES string of the molecule is C=C/C=C(\C=C)c1cc(CC)cc(C(C)C)c1. The Kier molecular flexibility index (Phi) is 4.96. The molecule has 0 aromatic heterocycles. The molecular formula is C17H22. The highest BCUT2D eigenvalue weighted by atomic mass is 14.1. The Bertz CT molecular complexity index is 433. The van der Waals surface area contributed by atoms with Crippen molar-refractivity contribution >= 4 is 5.57 Å². The monoisotopic (exact) mass is 226 g/mol. The van der Waals surface area contributed by atoms with E-state index in [1.807, 2.05) is 18.2 Å². The lowest BCUT2D eigenvalue weighted by molar-refractivity contribution is 0.861. The Morgan fingerprint density at radius 1 is 1.24 bits per heavy atom. The van der Waals surface area contributed by atoms with Gasteiger partial charge in [-0.3, -0.25) is 0 Å². The number of rotatable bonds is 5. The Labute approximate surface area is 105 Å². The lowest BCUT2D eigenvalue weighted by Crippen LogP contribution is -1.94. The number of hydrogen-bond donors (Lipinski definition) is 0. The lowest BCUT2D eigenvalue weighted by atomic mass is 9.93. The predicted octanol–water partition coefficient (Wildman–Crippen LogP) is 5.13. The van der Waals surface area contributed by atoms with Crippen LogP contribution in [0.15, 0.2) is 49.6 Å². The minimum atomic E-state index is 0.551. The van der Waals surface area contributed by atoms with Crippen LogP contribution in [0.3, 0.4) is 0 Å². The van der Waals surface area contributed by atoms with E-state index in [2.05, 4.69) is 52.1 Å². The molecule has 0 radical (unpaired) electrons. The van der Waals surface area contributed by atoms with Crippen molar-refractivity contribution in [3.05, 3.63) is 66.3 Å². The van der Waals surface area contributed by atoms with Crippen LogP contribution in [0.5, 0.6) is 0 Å². The van der Waals surface area contributed by atoms with Crippen molar-refractivity contribution in [1.82, 2.24) is 0 Å². The molecular weight excluding hydrogens is 204 g/mol.